The third-order valence-electron chi connectivity index (χ3n) is 12.8. The summed E-state index contributed by atoms with van der Waals surface area (Å²) in [4.78, 5) is 13.0. The van der Waals surface area contributed by atoms with Crippen LogP contribution in [-0.4, -0.2) is 87.5 Å². The van der Waals surface area contributed by atoms with Gasteiger partial charge in [-0.2, -0.15) is 0 Å². The Labute approximate surface area is 381 Å². The lowest BCUT2D eigenvalue weighted by Gasteiger charge is -2.40. The van der Waals surface area contributed by atoms with Gasteiger partial charge in [0.25, 0.3) is 0 Å². The van der Waals surface area contributed by atoms with Crippen LogP contribution in [-0.2, 0) is 14.3 Å². The van der Waals surface area contributed by atoms with Crippen molar-refractivity contribution in [2.24, 2.45) is 0 Å². The second kappa shape index (κ2) is 43.6. The Balaban J connectivity index is 2.27. The lowest BCUT2D eigenvalue weighted by molar-refractivity contribution is -0.302. The van der Waals surface area contributed by atoms with Gasteiger partial charge in [0.2, 0.25) is 5.91 Å². The van der Waals surface area contributed by atoms with Crippen LogP contribution < -0.4 is 5.32 Å². The third-order valence-corrected chi connectivity index (χ3v) is 12.8. The molecule has 7 unspecified atom stereocenters. The average molecular weight is 880 g/mol. The number of hydrogen-bond acceptors (Lipinski definition) is 8. The summed E-state index contributed by atoms with van der Waals surface area (Å²) >= 11 is 0. The fourth-order valence-corrected chi connectivity index (χ4v) is 8.53. The minimum absolute atomic E-state index is 0.184. The van der Waals surface area contributed by atoms with Crippen molar-refractivity contribution in [2.75, 3.05) is 13.2 Å². The molecule has 1 fully saturated rings. The zero-order chi connectivity index (χ0) is 45.1. The smallest absolute Gasteiger partial charge is 0.220 e. The SMILES string of the molecule is CCCCCCCCCCCCCCCCCCCCC/C=C/CC/C=C/C(O)C(COC1OC(CO)C(O)C(O)C1O)NC(=O)CCCCCCCCCCCCCCCC. The molecule has 1 aliphatic rings. The Bertz CT molecular complexity index is 1020. The van der Waals surface area contributed by atoms with E-state index in [9.17, 15) is 30.3 Å². The van der Waals surface area contributed by atoms with Gasteiger partial charge >= 0.3 is 0 Å². The molecular formula is C53H101NO8. The number of ether oxygens (including phenoxy) is 2. The van der Waals surface area contributed by atoms with Crippen LogP contribution in [0.2, 0.25) is 0 Å². The van der Waals surface area contributed by atoms with Gasteiger partial charge in [-0.25, -0.2) is 0 Å². The van der Waals surface area contributed by atoms with Crippen LogP contribution >= 0.6 is 0 Å². The Morgan fingerprint density at radius 3 is 1.35 bits per heavy atom. The van der Waals surface area contributed by atoms with E-state index in [2.05, 4.69) is 31.3 Å². The minimum Gasteiger partial charge on any atom is -0.394 e. The molecule has 9 heteroatoms. The van der Waals surface area contributed by atoms with Crippen molar-refractivity contribution in [1.82, 2.24) is 5.32 Å². The van der Waals surface area contributed by atoms with Gasteiger partial charge in [0.05, 0.1) is 25.4 Å². The largest absolute Gasteiger partial charge is 0.394 e. The lowest BCUT2D eigenvalue weighted by Crippen LogP contribution is -2.60. The summed E-state index contributed by atoms with van der Waals surface area (Å²) in [5, 5.41) is 54.3. The lowest BCUT2D eigenvalue weighted by atomic mass is 9.99. The minimum atomic E-state index is -1.57. The Hall–Kier alpha value is -1.33. The predicted molar refractivity (Wildman–Crippen MR) is 258 cm³/mol. The molecule has 0 aromatic carbocycles. The Morgan fingerprint density at radius 1 is 0.532 bits per heavy atom. The molecule has 7 atom stereocenters. The molecule has 0 radical (unpaired) electrons. The first-order chi connectivity index (χ1) is 30.3. The van der Waals surface area contributed by atoms with E-state index < -0.39 is 49.5 Å². The maximum atomic E-state index is 13.0. The second-order valence-corrected chi connectivity index (χ2v) is 18.7. The molecule has 1 rings (SSSR count). The van der Waals surface area contributed by atoms with Gasteiger partial charge in [-0.3, -0.25) is 4.79 Å². The highest BCUT2D eigenvalue weighted by atomic mass is 16.7. The molecular weight excluding hydrogens is 779 g/mol. The van der Waals surface area contributed by atoms with Crippen molar-refractivity contribution in [3.63, 3.8) is 0 Å². The monoisotopic (exact) mass is 880 g/mol. The maximum absolute atomic E-state index is 13.0. The molecule has 6 N–H and O–H groups in total. The fraction of sp³-hybridized carbons (Fsp3) is 0.906. The number of rotatable bonds is 45. The molecule has 1 amide bonds. The quantitative estimate of drug-likeness (QED) is 0.0262. The van der Waals surface area contributed by atoms with Crippen molar-refractivity contribution < 1.29 is 39.8 Å². The number of allylic oxidation sites excluding steroid dienone is 3. The van der Waals surface area contributed by atoms with Gasteiger partial charge in [-0.15, -0.1) is 0 Å². The van der Waals surface area contributed by atoms with E-state index in [0.29, 0.717) is 6.42 Å². The van der Waals surface area contributed by atoms with Gasteiger partial charge in [-0.05, 0) is 32.1 Å². The highest BCUT2D eigenvalue weighted by molar-refractivity contribution is 5.76. The van der Waals surface area contributed by atoms with Gasteiger partial charge < -0.3 is 40.3 Å². The third kappa shape index (κ3) is 33.2. The number of carbonyl (C=O) groups excluding carboxylic acids is 1. The predicted octanol–water partition coefficient (Wildman–Crippen LogP) is 12.2. The Kier molecular flexibility index (Phi) is 41.2. The summed E-state index contributed by atoms with van der Waals surface area (Å²) in [6, 6.07) is -0.817. The molecule has 0 aromatic rings. The van der Waals surface area contributed by atoms with Crippen LogP contribution in [0.25, 0.3) is 0 Å². The van der Waals surface area contributed by atoms with Gasteiger partial charge in [0.15, 0.2) is 6.29 Å². The molecule has 0 saturated carbocycles. The number of amides is 1. The highest BCUT2D eigenvalue weighted by Gasteiger charge is 2.44. The first-order valence-electron chi connectivity index (χ1n) is 26.6. The van der Waals surface area contributed by atoms with Crippen LogP contribution in [0.15, 0.2) is 24.3 Å². The molecule has 0 bridgehead atoms. The summed E-state index contributed by atoms with van der Waals surface area (Å²) in [6.45, 7) is 3.78. The van der Waals surface area contributed by atoms with Crippen LogP contribution in [0, 0.1) is 0 Å². The van der Waals surface area contributed by atoms with Crippen LogP contribution in [0.5, 0.6) is 0 Å². The standard InChI is InChI=1S/C53H101NO8/c1-3-5-7-9-11-13-15-17-19-20-21-22-23-24-25-26-27-28-29-30-32-34-36-38-40-42-47(56)46(45-61-53-52(60)51(59)50(58)48(44-55)62-53)54-49(57)43-41-39-37-35-33-31-18-16-14-12-10-8-6-4-2/h32,34,40,42,46-48,50-53,55-56,58-60H,3-31,33,35-39,41,43-45H2,1-2H3,(H,54,57)/b34-32+,42-40+. The van der Waals surface area contributed by atoms with E-state index in [4.69, 9.17) is 9.47 Å². The second-order valence-electron chi connectivity index (χ2n) is 18.7. The van der Waals surface area contributed by atoms with Crippen molar-refractivity contribution in [2.45, 2.75) is 294 Å². The maximum Gasteiger partial charge on any atom is 0.220 e. The number of nitrogens with one attached hydrogen (secondary N) is 1. The summed E-state index contributed by atoms with van der Waals surface area (Å²) in [7, 11) is 0. The van der Waals surface area contributed by atoms with E-state index in [1.165, 1.54) is 193 Å². The summed E-state index contributed by atoms with van der Waals surface area (Å²) in [6.07, 6.45) is 46.7. The van der Waals surface area contributed by atoms with Gasteiger partial charge in [0, 0.05) is 6.42 Å². The van der Waals surface area contributed by atoms with E-state index >= 15 is 0 Å². The van der Waals surface area contributed by atoms with E-state index in [1.54, 1.807) is 6.08 Å². The zero-order valence-corrected chi connectivity index (χ0v) is 40.4. The first kappa shape index (κ1) is 58.7. The van der Waals surface area contributed by atoms with E-state index in [1.807, 2.05) is 6.08 Å². The molecule has 9 nitrogen and oxygen atoms in total. The first-order valence-corrected chi connectivity index (χ1v) is 26.6. The van der Waals surface area contributed by atoms with Crippen molar-refractivity contribution >= 4 is 5.91 Å². The van der Waals surface area contributed by atoms with E-state index in [-0.39, 0.29) is 12.5 Å². The van der Waals surface area contributed by atoms with Crippen molar-refractivity contribution in [1.29, 1.82) is 0 Å². The number of carbonyl (C=O) groups is 1. The molecule has 0 aromatic heterocycles. The number of aliphatic hydroxyl groups excluding tert-OH is 5. The van der Waals surface area contributed by atoms with Gasteiger partial charge in [0.1, 0.15) is 24.4 Å². The zero-order valence-electron chi connectivity index (χ0n) is 40.4. The fourth-order valence-electron chi connectivity index (χ4n) is 8.53. The summed E-state index contributed by atoms with van der Waals surface area (Å²) < 4.78 is 11.2. The molecule has 1 aliphatic heterocycles. The van der Waals surface area contributed by atoms with Crippen molar-refractivity contribution in [3.8, 4) is 0 Å². The number of hydrogen-bond donors (Lipinski definition) is 6. The molecule has 366 valence electrons. The van der Waals surface area contributed by atoms with Crippen molar-refractivity contribution in [3.05, 3.63) is 24.3 Å². The normalized spacial score (nSPS) is 20.4. The van der Waals surface area contributed by atoms with Crippen LogP contribution in [0.3, 0.4) is 0 Å². The van der Waals surface area contributed by atoms with E-state index in [0.717, 1.165) is 38.5 Å². The highest BCUT2D eigenvalue weighted by Crippen LogP contribution is 2.23. The molecule has 0 spiro atoms. The summed E-state index contributed by atoms with van der Waals surface area (Å²) in [5.74, 6) is -0.184. The van der Waals surface area contributed by atoms with Crippen LogP contribution in [0.1, 0.15) is 251 Å². The Morgan fingerprint density at radius 2 is 0.919 bits per heavy atom. The molecule has 62 heavy (non-hydrogen) atoms. The average Bonchev–Trinajstić information content (AvgIpc) is 3.27. The van der Waals surface area contributed by atoms with Crippen LogP contribution in [0.4, 0.5) is 0 Å². The molecule has 1 saturated heterocycles. The number of aliphatic hydroxyl groups is 5. The summed E-state index contributed by atoms with van der Waals surface area (Å²) in [5.41, 5.74) is 0. The molecule has 0 aliphatic carbocycles. The molecule has 1 heterocycles. The number of unbranched alkanes of at least 4 members (excludes halogenated alkanes) is 33. The topological polar surface area (TPSA) is 149 Å². The van der Waals surface area contributed by atoms with Gasteiger partial charge in [-0.1, -0.05) is 237 Å².